The van der Waals surface area contributed by atoms with E-state index < -0.39 is 0 Å². The number of hydrogen-bond donors (Lipinski definition) is 0. The molecular formula is C12H14N2O. The SMILES string of the molecule is Cc1cc(C)cc(On2cnc(C)c2)c1. The molecule has 15 heavy (non-hydrogen) atoms. The minimum Gasteiger partial charge on any atom is -0.374 e. The molecule has 0 saturated heterocycles. The molecule has 0 saturated carbocycles. The van der Waals surface area contributed by atoms with Crippen LogP contribution in [0.3, 0.4) is 0 Å². The zero-order valence-electron chi connectivity index (χ0n) is 9.19. The third kappa shape index (κ3) is 2.37. The van der Waals surface area contributed by atoms with Crippen molar-refractivity contribution in [1.29, 1.82) is 0 Å². The van der Waals surface area contributed by atoms with Crippen LogP contribution in [0.4, 0.5) is 0 Å². The summed E-state index contributed by atoms with van der Waals surface area (Å²) in [6, 6.07) is 6.12. The van der Waals surface area contributed by atoms with Gasteiger partial charge in [-0.05, 0) is 44.0 Å². The van der Waals surface area contributed by atoms with Crippen LogP contribution in [-0.4, -0.2) is 9.71 Å². The monoisotopic (exact) mass is 202 g/mol. The minimum atomic E-state index is 0.838. The van der Waals surface area contributed by atoms with Crippen LogP contribution in [0.1, 0.15) is 16.8 Å². The first-order valence-electron chi connectivity index (χ1n) is 4.91. The van der Waals surface area contributed by atoms with Crippen molar-refractivity contribution in [3.8, 4) is 5.75 Å². The van der Waals surface area contributed by atoms with Crippen LogP contribution < -0.4 is 4.84 Å². The van der Waals surface area contributed by atoms with Crippen molar-refractivity contribution in [1.82, 2.24) is 9.71 Å². The van der Waals surface area contributed by atoms with E-state index in [0.29, 0.717) is 0 Å². The highest BCUT2D eigenvalue weighted by atomic mass is 16.7. The summed E-state index contributed by atoms with van der Waals surface area (Å²) in [5.74, 6) is 0.838. The topological polar surface area (TPSA) is 27.1 Å². The molecule has 1 aromatic heterocycles. The van der Waals surface area contributed by atoms with Crippen molar-refractivity contribution in [2.45, 2.75) is 20.8 Å². The van der Waals surface area contributed by atoms with Crippen molar-refractivity contribution in [2.75, 3.05) is 0 Å². The Hall–Kier alpha value is -1.77. The van der Waals surface area contributed by atoms with Gasteiger partial charge in [-0.25, -0.2) is 4.98 Å². The molecule has 0 unspecified atom stereocenters. The average molecular weight is 202 g/mol. The third-order valence-corrected chi connectivity index (χ3v) is 2.10. The lowest BCUT2D eigenvalue weighted by molar-refractivity contribution is 0.215. The maximum absolute atomic E-state index is 5.62. The molecule has 1 aromatic carbocycles. The number of imidazole rings is 1. The summed E-state index contributed by atoms with van der Waals surface area (Å²) >= 11 is 0. The van der Waals surface area contributed by atoms with Crippen LogP contribution in [0, 0.1) is 20.8 Å². The molecule has 0 atom stereocenters. The van der Waals surface area contributed by atoms with Gasteiger partial charge in [0.05, 0.1) is 11.9 Å². The Morgan fingerprint density at radius 3 is 2.27 bits per heavy atom. The predicted octanol–water partition coefficient (Wildman–Crippen LogP) is 2.65. The van der Waals surface area contributed by atoms with E-state index in [1.807, 2.05) is 25.3 Å². The molecule has 0 bridgehead atoms. The summed E-state index contributed by atoms with van der Waals surface area (Å²) in [5, 5.41) is 0. The molecule has 2 rings (SSSR count). The van der Waals surface area contributed by atoms with Gasteiger partial charge in [-0.3, -0.25) is 0 Å². The first-order chi connectivity index (χ1) is 7.13. The first-order valence-corrected chi connectivity index (χ1v) is 4.91. The van der Waals surface area contributed by atoms with Crippen molar-refractivity contribution < 1.29 is 4.84 Å². The molecule has 0 spiro atoms. The van der Waals surface area contributed by atoms with Crippen LogP contribution in [0.25, 0.3) is 0 Å². The molecule has 3 heteroatoms. The Balaban J connectivity index is 2.24. The van der Waals surface area contributed by atoms with Gasteiger partial charge in [0.25, 0.3) is 0 Å². The quantitative estimate of drug-likeness (QED) is 0.748. The maximum atomic E-state index is 5.62. The van der Waals surface area contributed by atoms with Gasteiger partial charge in [0.1, 0.15) is 6.33 Å². The lowest BCUT2D eigenvalue weighted by Gasteiger charge is -2.06. The number of hydrogen-bond acceptors (Lipinski definition) is 2. The summed E-state index contributed by atoms with van der Waals surface area (Å²) < 4.78 is 1.61. The van der Waals surface area contributed by atoms with Crippen molar-refractivity contribution >= 4 is 0 Å². The predicted molar refractivity (Wildman–Crippen MR) is 58.9 cm³/mol. The summed E-state index contributed by atoms with van der Waals surface area (Å²) in [7, 11) is 0. The van der Waals surface area contributed by atoms with Crippen LogP contribution in [0.5, 0.6) is 5.75 Å². The second kappa shape index (κ2) is 3.77. The van der Waals surface area contributed by atoms with Gasteiger partial charge in [-0.2, -0.15) is 4.73 Å². The Bertz CT molecular complexity index is 454. The van der Waals surface area contributed by atoms with Crippen molar-refractivity contribution in [3.05, 3.63) is 47.5 Å². The summed E-state index contributed by atoms with van der Waals surface area (Å²) in [4.78, 5) is 9.71. The number of aromatic nitrogens is 2. The smallest absolute Gasteiger partial charge is 0.156 e. The van der Waals surface area contributed by atoms with Gasteiger partial charge in [0.2, 0.25) is 0 Å². The molecule has 0 radical (unpaired) electrons. The highest BCUT2D eigenvalue weighted by Gasteiger charge is 1.99. The van der Waals surface area contributed by atoms with Gasteiger partial charge in [0, 0.05) is 0 Å². The van der Waals surface area contributed by atoms with E-state index >= 15 is 0 Å². The summed E-state index contributed by atoms with van der Waals surface area (Å²) in [6.45, 7) is 6.04. The fourth-order valence-electron chi connectivity index (χ4n) is 1.56. The molecule has 78 valence electrons. The largest absolute Gasteiger partial charge is 0.374 e. The standard InChI is InChI=1S/C12H14N2O/c1-9-4-10(2)6-12(5-9)15-14-7-11(3)13-8-14/h4-8H,1-3H3. The Labute approximate surface area is 89.3 Å². The molecule has 2 aromatic rings. The van der Waals surface area contributed by atoms with E-state index in [1.54, 1.807) is 11.1 Å². The lowest BCUT2D eigenvalue weighted by Crippen LogP contribution is -2.01. The Morgan fingerprint density at radius 1 is 1.07 bits per heavy atom. The number of benzene rings is 1. The highest BCUT2D eigenvalue weighted by Crippen LogP contribution is 2.16. The van der Waals surface area contributed by atoms with Gasteiger partial charge in [-0.15, -0.1) is 0 Å². The molecule has 0 aliphatic carbocycles. The van der Waals surface area contributed by atoms with Crippen molar-refractivity contribution in [3.63, 3.8) is 0 Å². The fourth-order valence-corrected chi connectivity index (χ4v) is 1.56. The van der Waals surface area contributed by atoms with Crippen LogP contribution >= 0.6 is 0 Å². The summed E-state index contributed by atoms with van der Waals surface area (Å²) in [5.41, 5.74) is 3.34. The van der Waals surface area contributed by atoms with E-state index in [2.05, 4.69) is 24.9 Å². The molecule has 0 amide bonds. The second-order valence-electron chi connectivity index (χ2n) is 3.79. The number of nitrogens with zero attached hydrogens (tertiary/aromatic N) is 2. The molecule has 0 fully saturated rings. The Morgan fingerprint density at radius 2 is 1.73 bits per heavy atom. The summed E-state index contributed by atoms with van der Waals surface area (Å²) in [6.07, 6.45) is 3.50. The van der Waals surface area contributed by atoms with E-state index in [1.165, 1.54) is 11.1 Å². The third-order valence-electron chi connectivity index (χ3n) is 2.10. The highest BCUT2D eigenvalue weighted by molar-refractivity contribution is 5.32. The van der Waals surface area contributed by atoms with E-state index in [4.69, 9.17) is 4.84 Å². The van der Waals surface area contributed by atoms with E-state index in [9.17, 15) is 0 Å². The van der Waals surface area contributed by atoms with E-state index in [0.717, 1.165) is 11.4 Å². The molecular weight excluding hydrogens is 188 g/mol. The maximum Gasteiger partial charge on any atom is 0.156 e. The number of aryl methyl sites for hydroxylation is 3. The fraction of sp³-hybridized carbons (Fsp3) is 0.250. The average Bonchev–Trinajstić information content (AvgIpc) is 2.49. The number of rotatable bonds is 2. The molecule has 0 aliphatic heterocycles. The second-order valence-corrected chi connectivity index (χ2v) is 3.79. The zero-order valence-corrected chi connectivity index (χ0v) is 9.19. The Kier molecular flexibility index (Phi) is 2.46. The molecule has 3 nitrogen and oxygen atoms in total. The van der Waals surface area contributed by atoms with Crippen LogP contribution in [-0.2, 0) is 0 Å². The zero-order chi connectivity index (χ0) is 10.8. The van der Waals surface area contributed by atoms with E-state index in [-0.39, 0.29) is 0 Å². The normalized spacial score (nSPS) is 10.3. The van der Waals surface area contributed by atoms with Crippen LogP contribution in [0.2, 0.25) is 0 Å². The van der Waals surface area contributed by atoms with Crippen LogP contribution in [0.15, 0.2) is 30.7 Å². The molecule has 0 N–H and O–H groups in total. The van der Waals surface area contributed by atoms with Gasteiger partial charge in [-0.1, -0.05) is 6.07 Å². The lowest BCUT2D eigenvalue weighted by atomic mass is 10.1. The molecule has 1 heterocycles. The van der Waals surface area contributed by atoms with Gasteiger partial charge < -0.3 is 4.84 Å². The van der Waals surface area contributed by atoms with Gasteiger partial charge >= 0.3 is 0 Å². The van der Waals surface area contributed by atoms with Crippen molar-refractivity contribution in [2.24, 2.45) is 0 Å². The van der Waals surface area contributed by atoms with Gasteiger partial charge in [0.15, 0.2) is 5.75 Å². The first kappa shape index (κ1) is 9.77. The minimum absolute atomic E-state index is 0.838. The molecule has 0 aliphatic rings.